The van der Waals surface area contributed by atoms with Gasteiger partial charge in [0.2, 0.25) is 0 Å². The van der Waals surface area contributed by atoms with Gasteiger partial charge in [0.1, 0.15) is 0 Å². The van der Waals surface area contributed by atoms with Gasteiger partial charge in [-0.1, -0.05) is 17.8 Å². The first kappa shape index (κ1) is 18.9. The highest BCUT2D eigenvalue weighted by molar-refractivity contribution is 8.00. The molecule has 28 heavy (non-hydrogen) atoms. The molecule has 0 spiro atoms. The van der Waals surface area contributed by atoms with Crippen LogP contribution in [0.25, 0.3) is 11.4 Å². The monoisotopic (exact) mass is 392 g/mol. The normalized spacial score (nSPS) is 14.9. The van der Waals surface area contributed by atoms with Crippen molar-refractivity contribution in [2.45, 2.75) is 57.0 Å². The van der Waals surface area contributed by atoms with Crippen LogP contribution in [0, 0.1) is 20.8 Å². The lowest BCUT2D eigenvalue weighted by molar-refractivity contribution is 0.0993. The molecule has 0 saturated heterocycles. The van der Waals surface area contributed by atoms with Gasteiger partial charge in [-0.2, -0.15) is 0 Å². The second kappa shape index (κ2) is 7.51. The Kier molecular flexibility index (Phi) is 5.06. The quantitative estimate of drug-likeness (QED) is 0.438. The molecule has 1 atom stereocenters. The molecule has 3 aromatic rings. The van der Waals surface area contributed by atoms with Crippen LogP contribution in [0.2, 0.25) is 0 Å². The van der Waals surface area contributed by atoms with Gasteiger partial charge in [0.15, 0.2) is 16.8 Å². The van der Waals surface area contributed by atoms with Crippen LogP contribution >= 0.6 is 11.8 Å². The Hall–Kier alpha value is -2.47. The third-order valence-corrected chi connectivity index (χ3v) is 6.31. The fourth-order valence-electron chi connectivity index (χ4n) is 3.37. The smallest absolute Gasteiger partial charge is 0.192 e. The molecule has 1 aromatic carbocycles. The summed E-state index contributed by atoms with van der Waals surface area (Å²) in [7, 11) is 0. The van der Waals surface area contributed by atoms with Gasteiger partial charge in [-0.05, 0) is 75.4 Å². The van der Waals surface area contributed by atoms with E-state index in [-0.39, 0.29) is 11.0 Å². The van der Waals surface area contributed by atoms with Crippen LogP contribution in [0.5, 0.6) is 0 Å². The first-order valence-corrected chi connectivity index (χ1v) is 10.5. The SMILES string of the molecule is Cc1cc(C)c(C(=O)[C@@H](C)Sc2nnc(-c3cccnc3)n2C2CC2)cc1C. The molecule has 4 rings (SSSR count). The molecule has 0 unspecified atom stereocenters. The minimum absolute atomic E-state index is 0.138. The number of aryl methyl sites for hydroxylation is 3. The number of hydrogen-bond acceptors (Lipinski definition) is 5. The van der Waals surface area contributed by atoms with Gasteiger partial charge in [0, 0.05) is 29.6 Å². The maximum absolute atomic E-state index is 13.1. The number of hydrogen-bond donors (Lipinski definition) is 0. The zero-order chi connectivity index (χ0) is 19.8. The number of thioether (sulfide) groups is 1. The highest BCUT2D eigenvalue weighted by Gasteiger charge is 2.32. The number of carbonyl (C=O) groups is 1. The Morgan fingerprint density at radius 1 is 1.14 bits per heavy atom. The Morgan fingerprint density at radius 2 is 1.89 bits per heavy atom. The summed E-state index contributed by atoms with van der Waals surface area (Å²) in [5, 5.41) is 9.41. The van der Waals surface area contributed by atoms with E-state index in [0.717, 1.165) is 46.1 Å². The van der Waals surface area contributed by atoms with E-state index in [4.69, 9.17) is 0 Å². The maximum Gasteiger partial charge on any atom is 0.192 e. The van der Waals surface area contributed by atoms with Crippen molar-refractivity contribution in [1.29, 1.82) is 0 Å². The van der Waals surface area contributed by atoms with E-state index in [1.807, 2.05) is 45.2 Å². The van der Waals surface area contributed by atoms with Crippen LogP contribution in [0.4, 0.5) is 0 Å². The topological polar surface area (TPSA) is 60.7 Å². The zero-order valence-corrected chi connectivity index (χ0v) is 17.5. The number of aromatic nitrogens is 4. The largest absolute Gasteiger partial charge is 0.299 e. The molecule has 1 aliphatic carbocycles. The number of carbonyl (C=O) groups excluding carboxylic acids is 1. The average molecular weight is 393 g/mol. The van der Waals surface area contributed by atoms with E-state index in [9.17, 15) is 4.79 Å². The van der Waals surface area contributed by atoms with Crippen molar-refractivity contribution in [3.8, 4) is 11.4 Å². The van der Waals surface area contributed by atoms with Crippen LogP contribution < -0.4 is 0 Å². The predicted octanol–water partition coefficient (Wildman–Crippen LogP) is 4.96. The third kappa shape index (κ3) is 3.61. The van der Waals surface area contributed by atoms with Crippen molar-refractivity contribution >= 4 is 17.5 Å². The lowest BCUT2D eigenvalue weighted by Gasteiger charge is -2.15. The lowest BCUT2D eigenvalue weighted by atomic mass is 9.97. The van der Waals surface area contributed by atoms with E-state index in [1.54, 1.807) is 6.20 Å². The standard InChI is InChI=1S/C22H24N4OS/c1-13-10-15(3)19(11-14(13)2)20(27)16(4)28-22-25-24-21(26(22)18-7-8-18)17-6-5-9-23-12-17/h5-6,9-12,16,18H,7-8H2,1-4H3/t16-/m1/s1. The number of pyridine rings is 1. The fourth-order valence-corrected chi connectivity index (χ4v) is 4.36. The number of rotatable bonds is 6. The summed E-state index contributed by atoms with van der Waals surface area (Å²) in [5.74, 6) is 0.971. The van der Waals surface area contributed by atoms with Crippen molar-refractivity contribution in [3.05, 3.63) is 58.9 Å². The van der Waals surface area contributed by atoms with E-state index in [1.165, 1.54) is 17.3 Å². The van der Waals surface area contributed by atoms with Crippen LogP contribution in [0.1, 0.15) is 52.9 Å². The van der Waals surface area contributed by atoms with Crippen molar-refractivity contribution in [3.63, 3.8) is 0 Å². The van der Waals surface area contributed by atoms with Gasteiger partial charge in [-0.15, -0.1) is 10.2 Å². The van der Waals surface area contributed by atoms with Crippen LogP contribution in [-0.2, 0) is 0 Å². The molecule has 1 saturated carbocycles. The molecule has 144 valence electrons. The zero-order valence-electron chi connectivity index (χ0n) is 16.6. The fraction of sp³-hybridized carbons (Fsp3) is 0.364. The van der Waals surface area contributed by atoms with Crippen molar-refractivity contribution in [2.75, 3.05) is 0 Å². The molecule has 2 aromatic heterocycles. The molecule has 5 nitrogen and oxygen atoms in total. The van der Waals surface area contributed by atoms with Gasteiger partial charge < -0.3 is 0 Å². The van der Waals surface area contributed by atoms with E-state index in [0.29, 0.717) is 6.04 Å². The Bertz CT molecular complexity index is 1020. The van der Waals surface area contributed by atoms with E-state index in [2.05, 4.69) is 32.7 Å². The number of Topliss-reactive ketones (excluding diaryl/α,β-unsaturated/α-hetero) is 1. The number of benzene rings is 1. The van der Waals surface area contributed by atoms with E-state index >= 15 is 0 Å². The predicted molar refractivity (Wildman–Crippen MR) is 112 cm³/mol. The second-order valence-corrected chi connectivity index (χ2v) is 8.83. The van der Waals surface area contributed by atoms with Gasteiger partial charge in [0.25, 0.3) is 0 Å². The Labute approximate surface area is 169 Å². The van der Waals surface area contributed by atoms with Crippen LogP contribution in [-0.4, -0.2) is 30.8 Å². The molecule has 6 heteroatoms. The van der Waals surface area contributed by atoms with Crippen molar-refractivity contribution in [1.82, 2.24) is 19.7 Å². The first-order valence-electron chi connectivity index (χ1n) is 9.59. The molecule has 2 heterocycles. The van der Waals surface area contributed by atoms with Crippen LogP contribution in [0.15, 0.2) is 41.8 Å². The summed E-state index contributed by atoms with van der Waals surface area (Å²) < 4.78 is 2.18. The Balaban J connectivity index is 1.62. The van der Waals surface area contributed by atoms with Crippen molar-refractivity contribution < 1.29 is 4.79 Å². The minimum Gasteiger partial charge on any atom is -0.299 e. The van der Waals surface area contributed by atoms with Crippen molar-refractivity contribution in [2.24, 2.45) is 0 Å². The molecule has 0 aliphatic heterocycles. The summed E-state index contributed by atoms with van der Waals surface area (Å²) in [6, 6.07) is 8.42. The molecule has 0 N–H and O–H groups in total. The molecule has 0 bridgehead atoms. The molecule has 0 amide bonds. The molecular formula is C22H24N4OS. The van der Waals surface area contributed by atoms with Gasteiger partial charge in [-0.3, -0.25) is 14.3 Å². The highest BCUT2D eigenvalue weighted by Crippen LogP contribution is 2.41. The summed E-state index contributed by atoms with van der Waals surface area (Å²) >= 11 is 1.50. The highest BCUT2D eigenvalue weighted by atomic mass is 32.2. The molecule has 0 radical (unpaired) electrons. The van der Waals surface area contributed by atoms with Gasteiger partial charge in [0.05, 0.1) is 5.25 Å². The first-order chi connectivity index (χ1) is 13.5. The number of ketones is 1. The second-order valence-electron chi connectivity index (χ2n) is 7.52. The molecule has 1 fully saturated rings. The third-order valence-electron chi connectivity index (χ3n) is 5.25. The Morgan fingerprint density at radius 3 is 2.57 bits per heavy atom. The minimum atomic E-state index is -0.232. The summed E-state index contributed by atoms with van der Waals surface area (Å²) in [5.41, 5.74) is 5.14. The van der Waals surface area contributed by atoms with Crippen LogP contribution in [0.3, 0.4) is 0 Å². The summed E-state index contributed by atoms with van der Waals surface area (Å²) in [6.07, 6.45) is 5.81. The number of nitrogens with zero attached hydrogens (tertiary/aromatic N) is 4. The maximum atomic E-state index is 13.1. The molecular weight excluding hydrogens is 368 g/mol. The van der Waals surface area contributed by atoms with E-state index < -0.39 is 0 Å². The lowest BCUT2D eigenvalue weighted by Crippen LogP contribution is -2.16. The average Bonchev–Trinajstić information content (AvgIpc) is 3.45. The summed E-state index contributed by atoms with van der Waals surface area (Å²) in [4.78, 5) is 17.3. The van der Waals surface area contributed by atoms with Gasteiger partial charge >= 0.3 is 0 Å². The summed E-state index contributed by atoms with van der Waals surface area (Å²) in [6.45, 7) is 8.08. The molecule has 1 aliphatic rings. The van der Waals surface area contributed by atoms with Gasteiger partial charge in [-0.25, -0.2) is 0 Å².